The number of rotatable bonds is 8. The Morgan fingerprint density at radius 1 is 1.23 bits per heavy atom. The third-order valence-electron chi connectivity index (χ3n) is 3.17. The molecule has 2 atom stereocenters. The first-order valence-electron chi connectivity index (χ1n) is 8.15. The SMILES string of the molecule is CCCC(OC(=O)NC(C)C(=O)OCC)Oc1cccc(C(F)(F)F)c1. The third kappa shape index (κ3) is 7.20. The number of amides is 1. The standard InChI is InChI=1S/C17H22F3NO5/c1-4-7-14(26-16(23)21-11(3)15(22)24-5-2)25-13-9-6-8-12(10-13)17(18,19)20/h6,8-11,14H,4-5,7H2,1-3H3,(H,21,23). The van der Waals surface area contributed by atoms with E-state index in [1.807, 2.05) is 0 Å². The van der Waals surface area contributed by atoms with Crippen molar-refractivity contribution >= 4 is 12.1 Å². The molecule has 0 fully saturated rings. The molecule has 0 saturated heterocycles. The van der Waals surface area contributed by atoms with Crippen molar-refractivity contribution in [2.45, 2.75) is 52.1 Å². The normalized spacial score (nSPS) is 13.5. The van der Waals surface area contributed by atoms with Crippen LogP contribution < -0.4 is 10.1 Å². The van der Waals surface area contributed by atoms with Gasteiger partial charge in [-0.15, -0.1) is 0 Å². The van der Waals surface area contributed by atoms with Gasteiger partial charge in [0.25, 0.3) is 0 Å². The molecule has 0 aliphatic carbocycles. The number of carbonyl (C=O) groups is 2. The predicted molar refractivity (Wildman–Crippen MR) is 86.5 cm³/mol. The van der Waals surface area contributed by atoms with Crippen LogP contribution in [-0.2, 0) is 20.4 Å². The summed E-state index contributed by atoms with van der Waals surface area (Å²) in [5, 5.41) is 2.28. The van der Waals surface area contributed by atoms with Crippen LogP contribution in [0.5, 0.6) is 5.75 Å². The van der Waals surface area contributed by atoms with Gasteiger partial charge in [-0.25, -0.2) is 9.59 Å². The predicted octanol–water partition coefficient (Wildman–Crippen LogP) is 3.89. The molecule has 146 valence electrons. The summed E-state index contributed by atoms with van der Waals surface area (Å²) in [5.74, 6) is -0.709. The van der Waals surface area contributed by atoms with Crippen molar-refractivity contribution < 1.29 is 37.0 Å². The monoisotopic (exact) mass is 377 g/mol. The van der Waals surface area contributed by atoms with Gasteiger partial charge in [0.15, 0.2) is 0 Å². The molecule has 0 aliphatic heterocycles. The average molecular weight is 377 g/mol. The van der Waals surface area contributed by atoms with E-state index in [4.69, 9.17) is 14.2 Å². The van der Waals surface area contributed by atoms with E-state index in [1.165, 1.54) is 19.1 Å². The smallest absolute Gasteiger partial charge is 0.416 e. The van der Waals surface area contributed by atoms with Gasteiger partial charge in [-0.2, -0.15) is 13.2 Å². The van der Waals surface area contributed by atoms with E-state index in [0.29, 0.717) is 6.42 Å². The van der Waals surface area contributed by atoms with Crippen molar-refractivity contribution in [1.82, 2.24) is 5.32 Å². The molecular formula is C17H22F3NO5. The van der Waals surface area contributed by atoms with Gasteiger partial charge >= 0.3 is 18.2 Å². The van der Waals surface area contributed by atoms with E-state index >= 15 is 0 Å². The minimum absolute atomic E-state index is 0.0792. The quantitative estimate of drug-likeness (QED) is 0.550. The fraction of sp³-hybridized carbons (Fsp3) is 0.529. The summed E-state index contributed by atoms with van der Waals surface area (Å²) in [6.07, 6.45) is -5.72. The molecule has 0 aromatic heterocycles. The second kappa shape index (κ2) is 9.88. The van der Waals surface area contributed by atoms with Crippen LogP contribution in [0.4, 0.5) is 18.0 Å². The van der Waals surface area contributed by atoms with Crippen LogP contribution in [0.2, 0.25) is 0 Å². The molecule has 6 nitrogen and oxygen atoms in total. The van der Waals surface area contributed by atoms with Crippen LogP contribution >= 0.6 is 0 Å². The minimum Gasteiger partial charge on any atom is -0.464 e. The van der Waals surface area contributed by atoms with Gasteiger partial charge in [0.2, 0.25) is 6.29 Å². The molecule has 2 unspecified atom stereocenters. The maximum Gasteiger partial charge on any atom is 0.416 e. The Kier molecular flexibility index (Phi) is 8.21. The van der Waals surface area contributed by atoms with Crippen molar-refractivity contribution in [2.75, 3.05) is 6.61 Å². The van der Waals surface area contributed by atoms with Crippen molar-refractivity contribution in [1.29, 1.82) is 0 Å². The Bertz CT molecular complexity index is 606. The zero-order chi connectivity index (χ0) is 19.7. The topological polar surface area (TPSA) is 73.9 Å². The van der Waals surface area contributed by atoms with Crippen molar-refractivity contribution in [2.24, 2.45) is 0 Å². The summed E-state index contributed by atoms with van der Waals surface area (Å²) in [6.45, 7) is 5.01. The second-order valence-corrected chi connectivity index (χ2v) is 5.39. The van der Waals surface area contributed by atoms with E-state index in [9.17, 15) is 22.8 Å². The van der Waals surface area contributed by atoms with Gasteiger partial charge in [-0.1, -0.05) is 13.0 Å². The number of hydrogen-bond acceptors (Lipinski definition) is 5. The largest absolute Gasteiger partial charge is 0.464 e. The van der Waals surface area contributed by atoms with Crippen molar-refractivity contribution in [3.05, 3.63) is 29.8 Å². The van der Waals surface area contributed by atoms with E-state index in [0.717, 1.165) is 12.1 Å². The lowest BCUT2D eigenvalue weighted by Crippen LogP contribution is -2.42. The Balaban J connectivity index is 2.72. The van der Waals surface area contributed by atoms with Gasteiger partial charge in [0.1, 0.15) is 11.8 Å². The highest BCUT2D eigenvalue weighted by Gasteiger charge is 2.31. The molecule has 1 aromatic carbocycles. The minimum atomic E-state index is -4.51. The van der Waals surface area contributed by atoms with Crippen molar-refractivity contribution in [3.63, 3.8) is 0 Å². The van der Waals surface area contributed by atoms with Crippen LogP contribution in [0.15, 0.2) is 24.3 Å². The lowest BCUT2D eigenvalue weighted by Gasteiger charge is -2.21. The number of alkyl halides is 3. The first kappa shape index (κ1) is 21.6. The first-order valence-corrected chi connectivity index (χ1v) is 8.15. The highest BCUT2D eigenvalue weighted by Crippen LogP contribution is 2.31. The van der Waals surface area contributed by atoms with Gasteiger partial charge in [0, 0.05) is 6.42 Å². The average Bonchev–Trinajstić information content (AvgIpc) is 2.54. The highest BCUT2D eigenvalue weighted by molar-refractivity contribution is 5.80. The zero-order valence-electron chi connectivity index (χ0n) is 14.8. The maximum absolute atomic E-state index is 12.8. The molecule has 0 bridgehead atoms. The van der Waals surface area contributed by atoms with Crippen LogP contribution in [0, 0.1) is 0 Å². The Morgan fingerprint density at radius 3 is 2.50 bits per heavy atom. The van der Waals surface area contributed by atoms with E-state index in [2.05, 4.69) is 5.32 Å². The molecule has 1 amide bonds. The molecule has 0 spiro atoms. The number of alkyl carbamates (subject to hydrolysis) is 1. The molecule has 1 rings (SSSR count). The third-order valence-corrected chi connectivity index (χ3v) is 3.17. The maximum atomic E-state index is 12.8. The lowest BCUT2D eigenvalue weighted by atomic mass is 10.2. The van der Waals surface area contributed by atoms with Crippen LogP contribution in [0.1, 0.15) is 39.2 Å². The van der Waals surface area contributed by atoms with E-state index in [1.54, 1.807) is 13.8 Å². The number of hydrogen-bond donors (Lipinski definition) is 1. The zero-order valence-corrected chi connectivity index (χ0v) is 14.8. The molecule has 26 heavy (non-hydrogen) atoms. The number of ether oxygens (including phenoxy) is 3. The molecule has 9 heteroatoms. The van der Waals surface area contributed by atoms with Gasteiger partial charge < -0.3 is 19.5 Å². The summed E-state index contributed by atoms with van der Waals surface area (Å²) in [5.41, 5.74) is -0.870. The van der Waals surface area contributed by atoms with Crippen molar-refractivity contribution in [3.8, 4) is 5.75 Å². The Labute approximate surface area is 149 Å². The summed E-state index contributed by atoms with van der Waals surface area (Å²) in [4.78, 5) is 23.3. The van der Waals surface area contributed by atoms with Gasteiger partial charge in [-0.3, -0.25) is 0 Å². The summed E-state index contributed by atoms with van der Waals surface area (Å²) < 4.78 is 53.4. The first-order chi connectivity index (χ1) is 12.2. The molecule has 0 radical (unpaired) electrons. The molecule has 1 N–H and O–H groups in total. The van der Waals surface area contributed by atoms with Gasteiger partial charge in [-0.05, 0) is 38.5 Å². The number of benzene rings is 1. The van der Waals surface area contributed by atoms with E-state index < -0.39 is 36.1 Å². The fourth-order valence-electron chi connectivity index (χ4n) is 1.93. The molecule has 0 saturated carbocycles. The van der Waals surface area contributed by atoms with Crippen LogP contribution in [0.25, 0.3) is 0 Å². The molecule has 0 heterocycles. The number of esters is 1. The molecule has 1 aromatic rings. The second-order valence-electron chi connectivity index (χ2n) is 5.39. The summed E-state index contributed by atoms with van der Waals surface area (Å²) in [7, 11) is 0. The van der Waals surface area contributed by atoms with E-state index in [-0.39, 0.29) is 18.8 Å². The molecular weight excluding hydrogens is 355 g/mol. The number of carbonyl (C=O) groups excluding carboxylic acids is 2. The lowest BCUT2D eigenvalue weighted by molar-refractivity contribution is -0.145. The molecule has 0 aliphatic rings. The van der Waals surface area contributed by atoms with Crippen LogP contribution in [0.3, 0.4) is 0 Å². The number of nitrogens with one attached hydrogen (secondary N) is 1. The Hall–Kier alpha value is -2.45. The van der Waals surface area contributed by atoms with Gasteiger partial charge in [0.05, 0.1) is 12.2 Å². The number of halogens is 3. The Morgan fingerprint density at radius 2 is 1.92 bits per heavy atom. The highest BCUT2D eigenvalue weighted by atomic mass is 19.4. The van der Waals surface area contributed by atoms with Crippen LogP contribution in [-0.4, -0.2) is 31.0 Å². The summed E-state index contributed by atoms with van der Waals surface area (Å²) >= 11 is 0. The summed E-state index contributed by atoms with van der Waals surface area (Å²) in [6, 6.07) is 3.34. The fourth-order valence-corrected chi connectivity index (χ4v) is 1.93.